The molecule has 0 atom stereocenters. The summed E-state index contributed by atoms with van der Waals surface area (Å²) in [6.45, 7) is 5.82. The molecule has 0 aliphatic heterocycles. The van der Waals surface area contributed by atoms with Gasteiger partial charge in [-0.2, -0.15) is 5.10 Å². The molecule has 0 bridgehead atoms. The fourth-order valence-electron chi connectivity index (χ4n) is 1.36. The van der Waals surface area contributed by atoms with Gasteiger partial charge in [-0.25, -0.2) is 4.68 Å². The van der Waals surface area contributed by atoms with Gasteiger partial charge < -0.3 is 5.32 Å². The average molecular weight is 209 g/mol. The molecule has 0 saturated heterocycles. The Bertz CT molecular complexity index is 449. The van der Waals surface area contributed by atoms with Crippen molar-refractivity contribution in [2.45, 2.75) is 20.8 Å². The Morgan fingerprint density at radius 2 is 2.07 bits per heavy atom. The van der Waals surface area contributed by atoms with Crippen LogP contribution in [0.3, 0.4) is 0 Å². The number of nitrogens with one attached hydrogen (secondary N) is 1. The monoisotopic (exact) mass is 209 g/mol. The predicted molar refractivity (Wildman–Crippen MR) is 57.0 cm³/mol. The first-order chi connectivity index (χ1) is 6.99. The molecular weight excluding hydrogens is 194 g/mol. The largest absolute Gasteiger partial charge is 0.352 e. The molecule has 15 heavy (non-hydrogen) atoms. The molecule has 1 aromatic heterocycles. The van der Waals surface area contributed by atoms with Gasteiger partial charge in [-0.1, -0.05) is 0 Å². The highest BCUT2D eigenvalue weighted by Gasteiger charge is 2.16. The number of carbonyl (C=O) groups is 1. The van der Waals surface area contributed by atoms with Crippen LogP contribution < -0.4 is 10.9 Å². The Hall–Kier alpha value is -1.65. The molecule has 0 unspecified atom stereocenters. The molecule has 0 aromatic carbocycles. The second-order valence-corrected chi connectivity index (χ2v) is 3.37. The van der Waals surface area contributed by atoms with Gasteiger partial charge in [0.2, 0.25) is 0 Å². The molecule has 5 heteroatoms. The topological polar surface area (TPSA) is 64.0 Å². The molecule has 1 heterocycles. The Morgan fingerprint density at radius 3 is 2.60 bits per heavy atom. The molecule has 0 saturated carbocycles. The standard InChI is InChI=1S/C10H15N3O2/c1-5-11-9(14)8-6(2)7(3)12-13(4)10(8)15/h5H2,1-4H3,(H,11,14). The van der Waals surface area contributed by atoms with E-state index in [-0.39, 0.29) is 17.0 Å². The van der Waals surface area contributed by atoms with Gasteiger partial charge in [-0.15, -0.1) is 0 Å². The zero-order valence-corrected chi connectivity index (χ0v) is 9.42. The van der Waals surface area contributed by atoms with Crippen molar-refractivity contribution in [3.63, 3.8) is 0 Å². The molecule has 1 N–H and O–H groups in total. The Labute approximate surface area is 88.1 Å². The first kappa shape index (κ1) is 11.4. The first-order valence-corrected chi connectivity index (χ1v) is 4.81. The van der Waals surface area contributed by atoms with Gasteiger partial charge in [0, 0.05) is 13.6 Å². The Balaban J connectivity index is 3.39. The number of nitrogens with zero attached hydrogens (tertiary/aromatic N) is 2. The maximum absolute atomic E-state index is 11.7. The normalized spacial score (nSPS) is 10.1. The summed E-state index contributed by atoms with van der Waals surface area (Å²) in [7, 11) is 1.54. The highest BCUT2D eigenvalue weighted by atomic mass is 16.2. The van der Waals surface area contributed by atoms with Gasteiger partial charge in [-0.3, -0.25) is 9.59 Å². The SMILES string of the molecule is CCNC(=O)c1c(C)c(C)nn(C)c1=O. The molecule has 0 radical (unpaired) electrons. The molecule has 1 aromatic rings. The molecule has 0 fully saturated rings. The second kappa shape index (κ2) is 4.25. The van der Waals surface area contributed by atoms with E-state index in [4.69, 9.17) is 0 Å². The summed E-state index contributed by atoms with van der Waals surface area (Å²) in [5, 5.41) is 6.62. The number of aromatic nitrogens is 2. The van der Waals surface area contributed by atoms with Crippen molar-refractivity contribution < 1.29 is 4.79 Å². The zero-order valence-electron chi connectivity index (χ0n) is 9.42. The van der Waals surface area contributed by atoms with Crippen LogP contribution in [0.4, 0.5) is 0 Å². The maximum atomic E-state index is 11.7. The van der Waals surface area contributed by atoms with E-state index in [2.05, 4.69) is 10.4 Å². The van der Waals surface area contributed by atoms with Crippen LogP contribution in [0.2, 0.25) is 0 Å². The second-order valence-electron chi connectivity index (χ2n) is 3.37. The van der Waals surface area contributed by atoms with Crippen LogP contribution in [0.15, 0.2) is 4.79 Å². The fraction of sp³-hybridized carbons (Fsp3) is 0.500. The van der Waals surface area contributed by atoms with Crippen LogP contribution >= 0.6 is 0 Å². The maximum Gasteiger partial charge on any atom is 0.279 e. The van der Waals surface area contributed by atoms with Crippen LogP contribution in [0, 0.1) is 13.8 Å². The van der Waals surface area contributed by atoms with Crippen LogP contribution in [0.1, 0.15) is 28.5 Å². The summed E-state index contributed by atoms with van der Waals surface area (Å²) < 4.78 is 1.19. The minimum absolute atomic E-state index is 0.187. The van der Waals surface area contributed by atoms with Crippen LogP contribution in [0.25, 0.3) is 0 Å². The van der Waals surface area contributed by atoms with Crippen molar-refractivity contribution in [1.82, 2.24) is 15.1 Å². The van der Waals surface area contributed by atoms with E-state index in [1.54, 1.807) is 13.8 Å². The lowest BCUT2D eigenvalue weighted by Crippen LogP contribution is -2.34. The minimum atomic E-state index is -0.357. The summed E-state index contributed by atoms with van der Waals surface area (Å²) in [5.74, 6) is -0.332. The molecule has 0 aliphatic carbocycles. The zero-order chi connectivity index (χ0) is 11.6. The average Bonchev–Trinajstić information content (AvgIpc) is 2.16. The summed E-state index contributed by atoms with van der Waals surface area (Å²) in [5.41, 5.74) is 1.17. The van der Waals surface area contributed by atoms with Gasteiger partial charge >= 0.3 is 0 Å². The Kier molecular flexibility index (Phi) is 3.24. The fourth-order valence-corrected chi connectivity index (χ4v) is 1.36. The van der Waals surface area contributed by atoms with Gasteiger partial charge in [0.15, 0.2) is 0 Å². The van der Waals surface area contributed by atoms with Crippen molar-refractivity contribution in [1.29, 1.82) is 0 Å². The van der Waals surface area contributed by atoms with Crippen molar-refractivity contribution in [3.05, 3.63) is 27.2 Å². The molecule has 0 aliphatic rings. The van der Waals surface area contributed by atoms with Gasteiger partial charge in [0.1, 0.15) is 5.56 Å². The number of hydrogen-bond acceptors (Lipinski definition) is 3. The van der Waals surface area contributed by atoms with E-state index in [1.807, 2.05) is 6.92 Å². The van der Waals surface area contributed by atoms with E-state index in [0.29, 0.717) is 17.8 Å². The van der Waals surface area contributed by atoms with Crippen molar-refractivity contribution in [2.75, 3.05) is 6.54 Å². The Morgan fingerprint density at radius 1 is 1.47 bits per heavy atom. The molecule has 1 rings (SSSR count). The molecule has 5 nitrogen and oxygen atoms in total. The van der Waals surface area contributed by atoms with E-state index in [1.165, 1.54) is 11.7 Å². The lowest BCUT2D eigenvalue weighted by molar-refractivity contribution is 0.0952. The first-order valence-electron chi connectivity index (χ1n) is 4.81. The third-order valence-corrected chi connectivity index (χ3v) is 2.29. The van der Waals surface area contributed by atoms with E-state index >= 15 is 0 Å². The van der Waals surface area contributed by atoms with Gasteiger partial charge in [-0.05, 0) is 26.3 Å². The van der Waals surface area contributed by atoms with Gasteiger partial charge in [0.25, 0.3) is 11.5 Å². The summed E-state index contributed by atoms with van der Waals surface area (Å²) in [6, 6.07) is 0. The third kappa shape index (κ3) is 2.06. The van der Waals surface area contributed by atoms with Gasteiger partial charge in [0.05, 0.1) is 5.69 Å². The lowest BCUT2D eigenvalue weighted by atomic mass is 10.1. The third-order valence-electron chi connectivity index (χ3n) is 2.29. The van der Waals surface area contributed by atoms with Crippen molar-refractivity contribution in [3.8, 4) is 0 Å². The number of carbonyl (C=O) groups excluding carboxylic acids is 1. The summed E-state index contributed by atoms with van der Waals surface area (Å²) in [6.07, 6.45) is 0. The molecule has 1 amide bonds. The highest BCUT2D eigenvalue weighted by molar-refractivity contribution is 5.95. The minimum Gasteiger partial charge on any atom is -0.352 e. The van der Waals surface area contributed by atoms with Crippen LogP contribution in [0.5, 0.6) is 0 Å². The smallest absolute Gasteiger partial charge is 0.279 e. The molecule has 0 spiro atoms. The van der Waals surface area contributed by atoms with E-state index in [0.717, 1.165) is 0 Å². The van der Waals surface area contributed by atoms with Crippen molar-refractivity contribution >= 4 is 5.91 Å². The number of amides is 1. The molecule has 82 valence electrons. The summed E-state index contributed by atoms with van der Waals surface area (Å²) >= 11 is 0. The van der Waals surface area contributed by atoms with E-state index in [9.17, 15) is 9.59 Å². The van der Waals surface area contributed by atoms with Crippen molar-refractivity contribution in [2.24, 2.45) is 7.05 Å². The quantitative estimate of drug-likeness (QED) is 0.754. The number of rotatable bonds is 2. The predicted octanol–water partition coefficient (Wildman–Crippen LogP) is 0.147. The van der Waals surface area contributed by atoms with E-state index < -0.39 is 0 Å². The van der Waals surface area contributed by atoms with Crippen LogP contribution in [-0.4, -0.2) is 22.2 Å². The van der Waals surface area contributed by atoms with Crippen LogP contribution in [-0.2, 0) is 7.05 Å². The molecular formula is C10H15N3O2. The highest BCUT2D eigenvalue weighted by Crippen LogP contribution is 2.05. The lowest BCUT2D eigenvalue weighted by Gasteiger charge is -2.08. The number of aryl methyl sites for hydroxylation is 2. The number of hydrogen-bond donors (Lipinski definition) is 1. The summed E-state index contributed by atoms with van der Waals surface area (Å²) in [4.78, 5) is 23.3.